The molecule has 0 atom stereocenters. The number of nitrogens with one attached hydrogen (secondary N) is 1. The van der Waals surface area contributed by atoms with Crippen molar-refractivity contribution in [3.63, 3.8) is 0 Å². The first kappa shape index (κ1) is 14.5. The van der Waals surface area contributed by atoms with Crippen molar-refractivity contribution in [2.45, 2.75) is 32.2 Å². The second kappa shape index (κ2) is 7.05. The number of hydrogen-bond donors (Lipinski definition) is 1. The Balaban J connectivity index is 1.84. The van der Waals surface area contributed by atoms with Crippen molar-refractivity contribution in [1.29, 1.82) is 0 Å². The van der Waals surface area contributed by atoms with Gasteiger partial charge in [-0.25, -0.2) is 9.97 Å². The zero-order valence-electron chi connectivity index (χ0n) is 11.5. The van der Waals surface area contributed by atoms with E-state index in [9.17, 15) is 0 Å². The van der Waals surface area contributed by atoms with Crippen molar-refractivity contribution >= 4 is 21.7 Å². The van der Waals surface area contributed by atoms with Gasteiger partial charge in [0.05, 0.1) is 0 Å². The molecule has 1 aromatic heterocycles. The molecule has 1 aromatic rings. The molecule has 2 rings (SSSR count). The summed E-state index contributed by atoms with van der Waals surface area (Å²) < 4.78 is 6.53. The van der Waals surface area contributed by atoms with E-state index >= 15 is 0 Å². The molecule has 0 aromatic carbocycles. The number of rotatable bonds is 8. The zero-order chi connectivity index (χ0) is 13.7. The fraction of sp³-hybridized carbons (Fsp3) is 0.692. The van der Waals surface area contributed by atoms with Gasteiger partial charge >= 0.3 is 0 Å². The Morgan fingerprint density at radius 1 is 1.47 bits per heavy atom. The summed E-state index contributed by atoms with van der Waals surface area (Å²) in [5.74, 6) is 1.40. The fourth-order valence-electron chi connectivity index (χ4n) is 1.81. The Labute approximate surface area is 122 Å². The second-order valence-corrected chi connectivity index (χ2v) is 5.62. The maximum atomic E-state index is 5.73. The molecule has 0 spiro atoms. The van der Waals surface area contributed by atoms with Gasteiger partial charge in [0.2, 0.25) is 5.88 Å². The van der Waals surface area contributed by atoms with Crippen molar-refractivity contribution in [3.8, 4) is 5.88 Å². The lowest BCUT2D eigenvalue weighted by molar-refractivity contribution is 0.225. The van der Waals surface area contributed by atoms with Crippen molar-refractivity contribution in [3.05, 3.63) is 10.8 Å². The first-order valence-corrected chi connectivity index (χ1v) is 7.59. The Morgan fingerprint density at radius 2 is 2.26 bits per heavy atom. The molecular formula is C13H21BrN4O. The highest BCUT2D eigenvalue weighted by Crippen LogP contribution is 2.28. The lowest BCUT2D eigenvalue weighted by Gasteiger charge is -2.16. The number of hydrogen-bond acceptors (Lipinski definition) is 5. The lowest BCUT2D eigenvalue weighted by Crippen LogP contribution is -2.26. The Kier molecular flexibility index (Phi) is 5.39. The van der Waals surface area contributed by atoms with Gasteiger partial charge in [0.25, 0.3) is 0 Å². The van der Waals surface area contributed by atoms with Crippen LogP contribution in [0.25, 0.3) is 0 Å². The third kappa shape index (κ3) is 4.31. The Morgan fingerprint density at radius 3 is 2.95 bits per heavy atom. The third-order valence-electron chi connectivity index (χ3n) is 3.15. The molecule has 1 aliphatic carbocycles. The van der Waals surface area contributed by atoms with Gasteiger partial charge in [-0.2, -0.15) is 0 Å². The summed E-state index contributed by atoms with van der Waals surface area (Å²) >= 11 is 3.49. The predicted molar refractivity (Wildman–Crippen MR) is 79.7 cm³/mol. The lowest BCUT2D eigenvalue weighted by atomic mass is 10.4. The first-order valence-electron chi connectivity index (χ1n) is 6.79. The summed E-state index contributed by atoms with van der Waals surface area (Å²) in [6.45, 7) is 4.58. The van der Waals surface area contributed by atoms with Crippen LogP contribution in [0.5, 0.6) is 5.88 Å². The van der Waals surface area contributed by atoms with Crippen molar-refractivity contribution in [2.75, 3.05) is 32.1 Å². The average Bonchev–Trinajstić information content (AvgIpc) is 3.23. The molecule has 1 fully saturated rings. The van der Waals surface area contributed by atoms with Crippen LogP contribution in [-0.4, -0.2) is 47.7 Å². The van der Waals surface area contributed by atoms with Gasteiger partial charge in [0, 0.05) is 19.1 Å². The van der Waals surface area contributed by atoms with E-state index in [0.29, 0.717) is 12.5 Å². The first-order chi connectivity index (χ1) is 9.22. The molecule has 6 heteroatoms. The molecule has 106 valence electrons. The quantitative estimate of drug-likeness (QED) is 0.794. The average molecular weight is 329 g/mol. The topological polar surface area (TPSA) is 50.3 Å². The highest BCUT2D eigenvalue weighted by atomic mass is 79.9. The SMILES string of the molecule is CCCNc1ncnc(OCCN(C)C2CC2)c1Br. The van der Waals surface area contributed by atoms with E-state index in [0.717, 1.165) is 35.8 Å². The molecule has 0 aliphatic heterocycles. The third-order valence-corrected chi connectivity index (χ3v) is 3.87. The highest BCUT2D eigenvalue weighted by molar-refractivity contribution is 9.10. The van der Waals surface area contributed by atoms with Gasteiger partial charge < -0.3 is 15.0 Å². The maximum Gasteiger partial charge on any atom is 0.233 e. The summed E-state index contributed by atoms with van der Waals surface area (Å²) in [6.07, 6.45) is 5.22. The summed E-state index contributed by atoms with van der Waals surface area (Å²) in [4.78, 5) is 10.7. The van der Waals surface area contributed by atoms with E-state index in [1.807, 2.05) is 0 Å². The largest absolute Gasteiger partial charge is 0.475 e. The van der Waals surface area contributed by atoms with Gasteiger partial charge in [0.15, 0.2) is 0 Å². The molecule has 1 heterocycles. The molecule has 1 aliphatic rings. The van der Waals surface area contributed by atoms with Crippen LogP contribution in [0, 0.1) is 0 Å². The van der Waals surface area contributed by atoms with Crippen molar-refractivity contribution in [2.24, 2.45) is 0 Å². The monoisotopic (exact) mass is 328 g/mol. The minimum Gasteiger partial charge on any atom is -0.475 e. The predicted octanol–water partition coefficient (Wildman–Crippen LogP) is 2.53. The van der Waals surface area contributed by atoms with Crippen LogP contribution in [-0.2, 0) is 0 Å². The van der Waals surface area contributed by atoms with E-state index < -0.39 is 0 Å². The molecule has 19 heavy (non-hydrogen) atoms. The molecule has 5 nitrogen and oxygen atoms in total. The smallest absolute Gasteiger partial charge is 0.233 e. The maximum absolute atomic E-state index is 5.73. The highest BCUT2D eigenvalue weighted by Gasteiger charge is 2.25. The minimum absolute atomic E-state index is 0.609. The van der Waals surface area contributed by atoms with Gasteiger partial charge in [-0.3, -0.25) is 0 Å². The fourth-order valence-corrected chi connectivity index (χ4v) is 2.26. The number of halogens is 1. The van der Waals surface area contributed by atoms with Crippen LogP contribution in [0.2, 0.25) is 0 Å². The molecule has 0 saturated heterocycles. The molecule has 1 N–H and O–H groups in total. The molecule has 1 saturated carbocycles. The number of anilines is 1. The molecular weight excluding hydrogens is 308 g/mol. The summed E-state index contributed by atoms with van der Waals surface area (Å²) in [5, 5.41) is 3.24. The van der Waals surface area contributed by atoms with Crippen LogP contribution in [0.15, 0.2) is 10.8 Å². The van der Waals surface area contributed by atoms with Gasteiger partial charge in [-0.15, -0.1) is 0 Å². The van der Waals surface area contributed by atoms with Crippen LogP contribution < -0.4 is 10.1 Å². The zero-order valence-corrected chi connectivity index (χ0v) is 13.1. The van der Waals surface area contributed by atoms with E-state index in [1.54, 1.807) is 0 Å². The van der Waals surface area contributed by atoms with E-state index in [2.05, 4.69) is 50.1 Å². The van der Waals surface area contributed by atoms with Crippen LogP contribution in [0.4, 0.5) is 5.82 Å². The number of likely N-dealkylation sites (N-methyl/N-ethyl adjacent to an activating group) is 1. The van der Waals surface area contributed by atoms with Crippen LogP contribution in [0.1, 0.15) is 26.2 Å². The number of nitrogens with zero attached hydrogens (tertiary/aromatic N) is 3. The Hall–Kier alpha value is -0.880. The Bertz CT molecular complexity index is 412. The van der Waals surface area contributed by atoms with E-state index in [4.69, 9.17) is 4.74 Å². The van der Waals surface area contributed by atoms with E-state index in [1.165, 1.54) is 19.2 Å². The summed E-state index contributed by atoms with van der Waals surface area (Å²) in [5.41, 5.74) is 0. The summed E-state index contributed by atoms with van der Waals surface area (Å²) in [7, 11) is 2.14. The molecule has 0 amide bonds. The van der Waals surface area contributed by atoms with Crippen molar-refractivity contribution in [1.82, 2.24) is 14.9 Å². The minimum atomic E-state index is 0.609. The van der Waals surface area contributed by atoms with Gasteiger partial charge in [0.1, 0.15) is 23.2 Å². The van der Waals surface area contributed by atoms with E-state index in [-0.39, 0.29) is 0 Å². The standard InChI is InChI=1S/C13H21BrN4O/c1-3-6-15-12-11(14)13(17-9-16-12)19-8-7-18(2)10-4-5-10/h9-10H,3-8H2,1-2H3,(H,15,16,17). The van der Waals surface area contributed by atoms with Gasteiger partial charge in [-0.05, 0) is 42.2 Å². The number of aromatic nitrogens is 2. The van der Waals surface area contributed by atoms with Crippen LogP contribution >= 0.6 is 15.9 Å². The van der Waals surface area contributed by atoms with Gasteiger partial charge in [-0.1, -0.05) is 6.92 Å². The van der Waals surface area contributed by atoms with Crippen LogP contribution in [0.3, 0.4) is 0 Å². The van der Waals surface area contributed by atoms with Crippen molar-refractivity contribution < 1.29 is 4.74 Å². The molecule has 0 unspecified atom stereocenters. The number of ether oxygens (including phenoxy) is 1. The molecule has 0 bridgehead atoms. The normalized spacial score (nSPS) is 14.7. The second-order valence-electron chi connectivity index (χ2n) is 4.83. The molecule has 0 radical (unpaired) electrons. The summed E-state index contributed by atoms with van der Waals surface area (Å²) in [6, 6.07) is 0.763.